The van der Waals surface area contributed by atoms with Crippen LogP contribution < -0.4 is 5.32 Å². The fraction of sp³-hybridized carbons (Fsp3) is 0.500. The van der Waals surface area contributed by atoms with Crippen LogP contribution in [-0.4, -0.2) is 38.4 Å². The van der Waals surface area contributed by atoms with Gasteiger partial charge in [0.25, 0.3) is 0 Å². The van der Waals surface area contributed by atoms with Crippen LogP contribution >= 0.6 is 28.3 Å². The standard InChI is InChI=1S/C12H14BrF3N2O2S.ClH/c1-8-7-18(3-2-17-8)21(19,20)11-5-9(12(14,15)16)4-10(13)6-11;/h4-6,8,17H,2-3,7H2,1H3;1H. The maximum Gasteiger partial charge on any atom is 0.416 e. The molecule has 0 amide bonds. The van der Waals surface area contributed by atoms with Crippen LogP contribution in [0.5, 0.6) is 0 Å². The van der Waals surface area contributed by atoms with E-state index in [1.54, 1.807) is 0 Å². The molecule has 1 saturated heterocycles. The van der Waals surface area contributed by atoms with Crippen LogP contribution in [0.3, 0.4) is 0 Å². The van der Waals surface area contributed by atoms with Crippen LogP contribution in [0, 0.1) is 0 Å². The minimum Gasteiger partial charge on any atom is -0.312 e. The molecule has 0 aliphatic carbocycles. The highest BCUT2D eigenvalue weighted by atomic mass is 79.9. The van der Waals surface area contributed by atoms with E-state index in [1.807, 2.05) is 6.92 Å². The summed E-state index contributed by atoms with van der Waals surface area (Å²) in [6.07, 6.45) is -4.59. The lowest BCUT2D eigenvalue weighted by atomic mass is 10.2. The maximum atomic E-state index is 12.8. The Morgan fingerprint density at radius 1 is 1.32 bits per heavy atom. The van der Waals surface area contributed by atoms with Crippen LogP contribution in [0.25, 0.3) is 0 Å². The summed E-state index contributed by atoms with van der Waals surface area (Å²) in [5, 5.41) is 3.09. The van der Waals surface area contributed by atoms with Gasteiger partial charge in [-0.05, 0) is 25.1 Å². The zero-order valence-corrected chi connectivity index (χ0v) is 14.7. The first-order chi connectivity index (χ1) is 9.60. The summed E-state index contributed by atoms with van der Waals surface area (Å²) in [7, 11) is -3.94. The molecule has 22 heavy (non-hydrogen) atoms. The van der Waals surface area contributed by atoms with Gasteiger partial charge < -0.3 is 5.32 Å². The van der Waals surface area contributed by atoms with Crippen LogP contribution in [0.4, 0.5) is 13.2 Å². The quantitative estimate of drug-likeness (QED) is 0.796. The third-order valence-corrected chi connectivity index (χ3v) is 5.47. The molecule has 1 atom stereocenters. The number of alkyl halides is 3. The SMILES string of the molecule is CC1CN(S(=O)(=O)c2cc(Br)cc(C(F)(F)F)c2)CCN1.Cl. The topological polar surface area (TPSA) is 49.4 Å². The monoisotopic (exact) mass is 422 g/mol. The van der Waals surface area contributed by atoms with Gasteiger partial charge >= 0.3 is 6.18 Å². The summed E-state index contributed by atoms with van der Waals surface area (Å²) in [4.78, 5) is -0.349. The Balaban J connectivity index is 0.00000242. The van der Waals surface area contributed by atoms with Crippen molar-refractivity contribution in [2.45, 2.75) is 24.0 Å². The zero-order chi connectivity index (χ0) is 15.8. The first-order valence-corrected chi connectivity index (χ1v) is 8.45. The maximum absolute atomic E-state index is 12.8. The number of sulfonamides is 1. The van der Waals surface area contributed by atoms with E-state index in [9.17, 15) is 21.6 Å². The molecule has 1 N–H and O–H groups in total. The van der Waals surface area contributed by atoms with Crippen molar-refractivity contribution in [1.82, 2.24) is 9.62 Å². The fourth-order valence-electron chi connectivity index (χ4n) is 2.14. The van der Waals surface area contributed by atoms with Crippen LogP contribution in [0.1, 0.15) is 12.5 Å². The highest BCUT2D eigenvalue weighted by Crippen LogP contribution is 2.33. The molecule has 0 aromatic heterocycles. The summed E-state index contributed by atoms with van der Waals surface area (Å²) in [6, 6.07) is 2.69. The van der Waals surface area contributed by atoms with E-state index >= 15 is 0 Å². The van der Waals surface area contributed by atoms with Crippen molar-refractivity contribution >= 4 is 38.4 Å². The molecule has 1 aliphatic heterocycles. The van der Waals surface area contributed by atoms with Gasteiger partial charge in [0.1, 0.15) is 0 Å². The Bertz CT molecular complexity index is 640. The molecule has 1 aromatic rings. The summed E-state index contributed by atoms with van der Waals surface area (Å²) >= 11 is 2.94. The Morgan fingerprint density at radius 2 is 1.95 bits per heavy atom. The van der Waals surface area contributed by atoms with Gasteiger partial charge in [-0.2, -0.15) is 17.5 Å². The van der Waals surface area contributed by atoms with Crippen LogP contribution in [-0.2, 0) is 16.2 Å². The molecule has 2 rings (SSSR count). The summed E-state index contributed by atoms with van der Waals surface area (Å²) < 4.78 is 64.6. The molecule has 1 aliphatic rings. The number of rotatable bonds is 2. The summed E-state index contributed by atoms with van der Waals surface area (Å²) in [5.41, 5.74) is -0.987. The van der Waals surface area contributed by atoms with Gasteiger partial charge in [-0.15, -0.1) is 12.4 Å². The first kappa shape index (κ1) is 19.7. The smallest absolute Gasteiger partial charge is 0.312 e. The van der Waals surface area contributed by atoms with Gasteiger partial charge in [-0.25, -0.2) is 8.42 Å². The van der Waals surface area contributed by atoms with Crippen molar-refractivity contribution in [1.29, 1.82) is 0 Å². The molecule has 1 fully saturated rings. The van der Waals surface area contributed by atoms with Gasteiger partial charge in [0, 0.05) is 30.1 Å². The number of hydrogen-bond donors (Lipinski definition) is 1. The van der Waals surface area contributed by atoms with E-state index in [-0.39, 0.29) is 40.9 Å². The van der Waals surface area contributed by atoms with Crippen LogP contribution in [0.15, 0.2) is 27.6 Å². The van der Waals surface area contributed by atoms with E-state index in [2.05, 4.69) is 21.2 Å². The second-order valence-corrected chi connectivity index (χ2v) is 7.75. The molecule has 0 spiro atoms. The van der Waals surface area contributed by atoms with Gasteiger partial charge in [0.15, 0.2) is 0 Å². The molecule has 4 nitrogen and oxygen atoms in total. The first-order valence-electron chi connectivity index (χ1n) is 6.22. The molecule has 1 heterocycles. The average Bonchev–Trinajstić information content (AvgIpc) is 2.37. The number of halogens is 5. The van der Waals surface area contributed by atoms with Crippen molar-refractivity contribution in [3.05, 3.63) is 28.2 Å². The third-order valence-electron chi connectivity index (χ3n) is 3.17. The van der Waals surface area contributed by atoms with Crippen molar-refractivity contribution in [3.8, 4) is 0 Å². The van der Waals surface area contributed by atoms with Gasteiger partial charge in [-0.3, -0.25) is 0 Å². The minimum atomic E-state index is -4.59. The number of benzene rings is 1. The summed E-state index contributed by atoms with van der Waals surface area (Å²) in [6.45, 7) is 2.76. The number of hydrogen-bond acceptors (Lipinski definition) is 3. The second kappa shape index (κ2) is 7.04. The highest BCUT2D eigenvalue weighted by molar-refractivity contribution is 9.10. The summed E-state index contributed by atoms with van der Waals surface area (Å²) in [5.74, 6) is 0. The van der Waals surface area contributed by atoms with E-state index in [0.29, 0.717) is 12.6 Å². The Hall–Kier alpha value is -0.350. The van der Waals surface area contributed by atoms with E-state index in [4.69, 9.17) is 0 Å². The van der Waals surface area contributed by atoms with Crippen molar-refractivity contribution in [2.24, 2.45) is 0 Å². The predicted molar refractivity (Wildman–Crippen MR) is 82.6 cm³/mol. The second-order valence-electron chi connectivity index (χ2n) is 4.89. The average molecular weight is 424 g/mol. The Labute approximate surface area is 141 Å². The highest BCUT2D eigenvalue weighted by Gasteiger charge is 2.34. The lowest BCUT2D eigenvalue weighted by molar-refractivity contribution is -0.137. The molecule has 0 radical (unpaired) electrons. The molecule has 126 valence electrons. The van der Waals surface area contributed by atoms with E-state index < -0.39 is 21.8 Å². The van der Waals surface area contributed by atoms with E-state index in [0.717, 1.165) is 6.07 Å². The molecule has 0 saturated carbocycles. The molecular weight excluding hydrogens is 409 g/mol. The van der Waals surface area contributed by atoms with Crippen molar-refractivity contribution in [2.75, 3.05) is 19.6 Å². The largest absolute Gasteiger partial charge is 0.416 e. The number of nitrogens with zero attached hydrogens (tertiary/aromatic N) is 1. The van der Waals surface area contributed by atoms with Gasteiger partial charge in [-0.1, -0.05) is 15.9 Å². The number of nitrogens with one attached hydrogen (secondary N) is 1. The predicted octanol–water partition coefficient (Wildman–Crippen LogP) is 2.87. The lowest BCUT2D eigenvalue weighted by Gasteiger charge is -2.31. The van der Waals surface area contributed by atoms with Gasteiger partial charge in [0.2, 0.25) is 10.0 Å². The molecular formula is C12H15BrClF3N2O2S. The Kier molecular flexibility index (Phi) is 6.30. The molecule has 1 aromatic carbocycles. The normalized spacial score (nSPS) is 20.5. The zero-order valence-electron chi connectivity index (χ0n) is 11.5. The molecule has 10 heteroatoms. The number of piperazine rings is 1. The molecule has 1 unspecified atom stereocenters. The fourth-order valence-corrected chi connectivity index (χ4v) is 4.39. The van der Waals surface area contributed by atoms with Gasteiger partial charge in [0.05, 0.1) is 10.5 Å². The third kappa shape index (κ3) is 4.35. The van der Waals surface area contributed by atoms with Crippen molar-refractivity contribution in [3.63, 3.8) is 0 Å². The lowest BCUT2D eigenvalue weighted by Crippen LogP contribution is -2.51. The Morgan fingerprint density at radius 3 is 2.50 bits per heavy atom. The minimum absolute atomic E-state index is 0. The van der Waals surface area contributed by atoms with E-state index in [1.165, 1.54) is 10.4 Å². The van der Waals surface area contributed by atoms with Crippen LogP contribution in [0.2, 0.25) is 0 Å². The van der Waals surface area contributed by atoms with Crippen molar-refractivity contribution < 1.29 is 21.6 Å². The molecule has 0 bridgehead atoms.